The third-order valence-electron chi connectivity index (χ3n) is 11.6. The first-order chi connectivity index (χ1) is 25.6. The van der Waals surface area contributed by atoms with Crippen molar-refractivity contribution in [3.8, 4) is 22.9 Å². The lowest BCUT2D eigenvalue weighted by Gasteiger charge is -2.25. The predicted molar refractivity (Wildman–Crippen MR) is 208 cm³/mol. The van der Waals surface area contributed by atoms with Gasteiger partial charge in [-0.15, -0.1) is 6.58 Å². The SMILES string of the molecule is C=C[C@@H]1C[C@]1(CC(=O)[C@H]1C[C@H](CC[C@@H](C(N)=O)C(C)C)[C@H](Oc2cc(-c3cccc(C(C)C)n3)nc3c(Cl)c(OC)ccc23)C1)C(=O)NS(=O)(=O)C1CC1. The summed E-state index contributed by atoms with van der Waals surface area (Å²) in [6.07, 6.45) is 4.46. The molecule has 3 aliphatic rings. The average Bonchev–Trinajstić information content (AvgIpc) is 4.06. The maximum absolute atomic E-state index is 14.2. The number of pyridine rings is 2. The van der Waals surface area contributed by atoms with E-state index in [2.05, 4.69) is 25.1 Å². The van der Waals surface area contributed by atoms with Crippen molar-refractivity contribution in [1.82, 2.24) is 14.7 Å². The van der Waals surface area contributed by atoms with Gasteiger partial charge in [0.25, 0.3) is 0 Å². The molecule has 0 saturated heterocycles. The van der Waals surface area contributed by atoms with Gasteiger partial charge in [-0.05, 0) is 92.9 Å². The number of nitrogens with two attached hydrogens (primary N) is 1. The number of ether oxygens (including phenoxy) is 2. The molecule has 6 rings (SSSR count). The number of sulfonamides is 1. The van der Waals surface area contributed by atoms with Crippen LogP contribution in [0.3, 0.4) is 0 Å². The normalized spacial score (nSPS) is 24.4. The van der Waals surface area contributed by atoms with Crippen LogP contribution >= 0.6 is 11.6 Å². The van der Waals surface area contributed by atoms with E-state index in [4.69, 9.17) is 36.8 Å². The minimum atomic E-state index is -3.78. The van der Waals surface area contributed by atoms with Crippen LogP contribution in [0.2, 0.25) is 5.02 Å². The minimum Gasteiger partial charge on any atom is -0.495 e. The summed E-state index contributed by atoms with van der Waals surface area (Å²) in [6, 6.07) is 11.3. The van der Waals surface area contributed by atoms with E-state index < -0.39 is 38.6 Å². The maximum atomic E-state index is 14.2. The third kappa shape index (κ3) is 8.15. The Labute approximate surface area is 322 Å². The summed E-state index contributed by atoms with van der Waals surface area (Å²) in [6.45, 7) is 11.9. The van der Waals surface area contributed by atoms with Gasteiger partial charge in [-0.1, -0.05) is 51.4 Å². The number of Topliss-reactive ketones (excluding diaryl/α,β-unsaturated/α-hetero) is 1. The van der Waals surface area contributed by atoms with Crippen molar-refractivity contribution in [3.05, 3.63) is 59.8 Å². The molecule has 1 aromatic carbocycles. The Kier molecular flexibility index (Phi) is 11.5. The summed E-state index contributed by atoms with van der Waals surface area (Å²) in [5.41, 5.74) is 7.26. The van der Waals surface area contributed by atoms with Gasteiger partial charge in [0.15, 0.2) is 0 Å². The summed E-state index contributed by atoms with van der Waals surface area (Å²) in [4.78, 5) is 49.9. The quantitative estimate of drug-likeness (QED) is 0.135. The minimum absolute atomic E-state index is 0.0367. The van der Waals surface area contributed by atoms with E-state index >= 15 is 0 Å². The first-order valence-electron chi connectivity index (χ1n) is 18.9. The van der Waals surface area contributed by atoms with Gasteiger partial charge in [-0.3, -0.25) is 24.1 Å². The van der Waals surface area contributed by atoms with Crippen LogP contribution in [0, 0.1) is 35.0 Å². The highest BCUT2D eigenvalue weighted by molar-refractivity contribution is 7.90. The van der Waals surface area contributed by atoms with Gasteiger partial charge in [0.05, 0.1) is 34.7 Å². The molecule has 3 aliphatic carbocycles. The molecule has 0 unspecified atom stereocenters. The summed E-state index contributed by atoms with van der Waals surface area (Å²) in [5, 5.41) is 0.427. The smallest absolute Gasteiger partial charge is 0.240 e. The molecule has 0 bridgehead atoms. The molecular formula is C41H51ClN4O7S. The number of carbonyl (C=O) groups is 3. The van der Waals surface area contributed by atoms with Crippen molar-refractivity contribution in [2.24, 2.45) is 40.7 Å². The fourth-order valence-corrected chi connectivity index (χ4v) is 9.67. The largest absolute Gasteiger partial charge is 0.495 e. The standard InChI is InChI=1S/C41H51ClN4O7S/c1-7-26-20-41(26,40(49)46-54(50,51)27-12-13-27)21-33(47)25-17-24(11-14-28(22(2)3)39(43)48)35(18-25)53-36-19-32(31-10-8-9-30(44-31)23(4)5)45-38-29(36)15-16-34(52-6)37(38)42/h7-10,15-16,19,22-28,35H,1,11-14,17-18,20-21H2,2-6H3,(H2,43,48)(H,46,49)/t24-,25-,26+,28+,35+,41+/m0/s1. The maximum Gasteiger partial charge on any atom is 0.240 e. The number of hydrogen-bond donors (Lipinski definition) is 2. The molecule has 6 atom stereocenters. The van der Waals surface area contributed by atoms with Gasteiger partial charge in [-0.2, -0.15) is 0 Å². The molecule has 54 heavy (non-hydrogen) atoms. The van der Waals surface area contributed by atoms with Crippen LogP contribution in [0.1, 0.15) is 90.7 Å². The van der Waals surface area contributed by atoms with Gasteiger partial charge in [0.1, 0.15) is 28.4 Å². The molecule has 290 valence electrons. The van der Waals surface area contributed by atoms with Gasteiger partial charge < -0.3 is 15.2 Å². The highest BCUT2D eigenvalue weighted by atomic mass is 35.5. The first kappa shape index (κ1) is 39.7. The summed E-state index contributed by atoms with van der Waals surface area (Å²) >= 11 is 6.86. The third-order valence-corrected chi connectivity index (χ3v) is 13.8. The van der Waals surface area contributed by atoms with E-state index in [0.717, 1.165) is 5.69 Å². The van der Waals surface area contributed by atoms with Crippen LogP contribution in [-0.2, 0) is 24.4 Å². The Balaban J connectivity index is 1.33. The van der Waals surface area contributed by atoms with Crippen LogP contribution in [-0.4, -0.2) is 54.4 Å². The topological polar surface area (TPSA) is 168 Å². The number of allylic oxidation sites excluding steroid dienone is 1. The molecule has 2 amide bonds. The van der Waals surface area contributed by atoms with Gasteiger partial charge in [-0.25, -0.2) is 13.4 Å². The Morgan fingerprint density at radius 2 is 1.81 bits per heavy atom. The van der Waals surface area contributed by atoms with Crippen molar-refractivity contribution in [1.29, 1.82) is 0 Å². The van der Waals surface area contributed by atoms with E-state index in [9.17, 15) is 22.8 Å². The van der Waals surface area contributed by atoms with Crippen LogP contribution in [0.4, 0.5) is 0 Å². The lowest BCUT2D eigenvalue weighted by atomic mass is 9.85. The number of primary amides is 1. The second-order valence-corrected chi connectivity index (χ2v) is 18.4. The first-order valence-corrected chi connectivity index (χ1v) is 20.8. The van der Waals surface area contributed by atoms with Gasteiger partial charge >= 0.3 is 0 Å². The Morgan fingerprint density at radius 3 is 2.43 bits per heavy atom. The van der Waals surface area contributed by atoms with Crippen LogP contribution in [0.15, 0.2) is 49.1 Å². The highest BCUT2D eigenvalue weighted by Gasteiger charge is 2.61. The number of fused-ring (bicyclic) bond motifs is 1. The highest BCUT2D eigenvalue weighted by Crippen LogP contribution is 2.57. The van der Waals surface area contributed by atoms with E-state index in [1.54, 1.807) is 12.1 Å². The van der Waals surface area contributed by atoms with Crippen molar-refractivity contribution in [2.75, 3.05) is 7.11 Å². The van der Waals surface area contributed by atoms with E-state index in [1.165, 1.54) is 7.11 Å². The number of halogens is 1. The fraction of sp³-hybridized carbons (Fsp3) is 0.537. The number of carbonyl (C=O) groups excluding carboxylic acids is 3. The number of nitrogens with one attached hydrogen (secondary N) is 1. The average molecular weight is 779 g/mol. The summed E-state index contributed by atoms with van der Waals surface area (Å²) in [5.74, 6) is -1.14. The molecule has 3 fully saturated rings. The van der Waals surface area contributed by atoms with Crippen LogP contribution in [0.5, 0.6) is 11.5 Å². The zero-order chi connectivity index (χ0) is 39.1. The molecule has 2 aromatic heterocycles. The molecule has 0 radical (unpaired) electrons. The van der Waals surface area contributed by atoms with E-state index in [-0.39, 0.29) is 47.7 Å². The number of benzene rings is 1. The summed E-state index contributed by atoms with van der Waals surface area (Å²) < 4.78 is 40.1. The zero-order valence-electron chi connectivity index (χ0n) is 31.6. The summed E-state index contributed by atoms with van der Waals surface area (Å²) in [7, 11) is -2.24. The lowest BCUT2D eigenvalue weighted by Crippen LogP contribution is -2.40. The Morgan fingerprint density at radius 1 is 1.07 bits per heavy atom. The van der Waals surface area contributed by atoms with Crippen molar-refractivity contribution < 1.29 is 32.3 Å². The zero-order valence-corrected chi connectivity index (χ0v) is 33.2. The molecule has 0 aliphatic heterocycles. The second-order valence-electron chi connectivity index (χ2n) is 16.0. The number of ketones is 1. The van der Waals surface area contributed by atoms with E-state index in [1.807, 2.05) is 44.2 Å². The predicted octanol–water partition coefficient (Wildman–Crippen LogP) is 7.15. The molecular weight excluding hydrogens is 728 g/mol. The van der Waals surface area contributed by atoms with Crippen LogP contribution in [0.25, 0.3) is 22.3 Å². The Bertz CT molecular complexity index is 2070. The fourth-order valence-electron chi connectivity index (χ4n) is 8.00. The number of methoxy groups -OCH3 is 1. The molecule has 3 saturated carbocycles. The van der Waals surface area contributed by atoms with Gasteiger partial charge in [0.2, 0.25) is 21.8 Å². The molecule has 13 heteroatoms. The number of aromatic nitrogens is 2. The van der Waals surface area contributed by atoms with Crippen molar-refractivity contribution in [2.45, 2.75) is 96.3 Å². The molecule has 2 heterocycles. The molecule has 0 spiro atoms. The van der Waals surface area contributed by atoms with Gasteiger partial charge in [0, 0.05) is 35.4 Å². The number of nitrogens with zero attached hydrogens (tertiary/aromatic N) is 2. The molecule has 3 aromatic rings. The van der Waals surface area contributed by atoms with Crippen LogP contribution < -0.4 is 19.9 Å². The number of rotatable bonds is 17. The van der Waals surface area contributed by atoms with Crippen molar-refractivity contribution in [3.63, 3.8) is 0 Å². The molecule has 3 N–H and O–H groups in total. The van der Waals surface area contributed by atoms with Crippen molar-refractivity contribution >= 4 is 50.1 Å². The molecule has 11 nitrogen and oxygen atoms in total. The number of hydrogen-bond acceptors (Lipinski definition) is 9. The second kappa shape index (κ2) is 15.6. The lowest BCUT2D eigenvalue weighted by molar-refractivity contribution is -0.131. The Hall–Kier alpha value is -4.03. The monoisotopic (exact) mass is 778 g/mol. The number of amides is 2. The van der Waals surface area contributed by atoms with E-state index in [0.29, 0.717) is 83.8 Å².